The van der Waals surface area contributed by atoms with Gasteiger partial charge < -0.3 is 0 Å². The van der Waals surface area contributed by atoms with E-state index < -0.39 is 8.25 Å². The van der Waals surface area contributed by atoms with Crippen LogP contribution in [0.1, 0.15) is 6.92 Å². The Kier molecular flexibility index (Phi) is 11.0. The van der Waals surface area contributed by atoms with Crippen molar-refractivity contribution >= 4 is 14.7 Å². The summed E-state index contributed by atoms with van der Waals surface area (Å²) in [5, 5.41) is 0. The number of hydrogen-bond acceptors (Lipinski definition) is 4. The number of rotatable bonds is 4. The van der Waals surface area contributed by atoms with E-state index in [2.05, 4.69) is 9.05 Å². The molecular formula is C3H6O4PTi+. The Morgan fingerprint density at radius 3 is 2.56 bits per heavy atom. The molecule has 0 heterocycles. The second-order valence-electron chi connectivity index (χ2n) is 0.843. The first-order chi connectivity index (χ1) is 3.81. The van der Waals surface area contributed by atoms with Crippen LogP contribution in [0.15, 0.2) is 0 Å². The number of hydrogen-bond donors (Lipinski definition) is 0. The van der Waals surface area contributed by atoms with E-state index >= 15 is 0 Å². The van der Waals surface area contributed by atoms with E-state index in [0.29, 0.717) is 0 Å². The molecule has 1 unspecified atom stereocenters. The maximum absolute atomic E-state index is 10.1. The molecule has 0 aromatic carbocycles. The zero-order valence-corrected chi connectivity index (χ0v) is 7.32. The van der Waals surface area contributed by atoms with E-state index in [1.807, 2.05) is 0 Å². The fraction of sp³-hybridized carbons (Fsp3) is 0.667. The van der Waals surface area contributed by atoms with Gasteiger partial charge in [-0.15, -0.1) is 4.52 Å². The summed E-state index contributed by atoms with van der Waals surface area (Å²) in [4.78, 5) is 9.40. The normalized spacial score (nSPS) is 9.22. The first-order valence-electron chi connectivity index (χ1n) is 2.01. The largest absolute Gasteiger partial charge is 0.752 e. The Hall–Kier alpha value is 0.244. The monoisotopic (exact) mass is 185 g/mol. The average Bonchev–Trinajstić information content (AvgIpc) is 1.68. The van der Waals surface area contributed by atoms with Crippen LogP contribution in [-0.4, -0.2) is 13.1 Å². The molecule has 0 aromatic heterocycles. The van der Waals surface area contributed by atoms with Crippen LogP contribution in [0, 0.1) is 0 Å². The minimum absolute atomic E-state index is 0. The van der Waals surface area contributed by atoms with Crippen molar-refractivity contribution in [1.82, 2.24) is 0 Å². The predicted molar refractivity (Wildman–Crippen MR) is 26.4 cm³/mol. The fourth-order valence-electron chi connectivity index (χ4n) is 0.171. The molecule has 0 aliphatic heterocycles. The van der Waals surface area contributed by atoms with Gasteiger partial charge in [0.1, 0.15) is 6.61 Å². The Labute approximate surface area is 68.7 Å². The van der Waals surface area contributed by atoms with Crippen LogP contribution >= 0.6 is 8.25 Å². The van der Waals surface area contributed by atoms with Crippen LogP contribution in [0.3, 0.4) is 0 Å². The van der Waals surface area contributed by atoms with E-state index in [4.69, 9.17) is 0 Å². The van der Waals surface area contributed by atoms with Crippen molar-refractivity contribution in [2.45, 2.75) is 6.92 Å². The van der Waals surface area contributed by atoms with E-state index in [0.717, 1.165) is 0 Å². The molecular weight excluding hydrogens is 179 g/mol. The molecule has 0 fully saturated rings. The van der Waals surface area contributed by atoms with Crippen LogP contribution in [0.4, 0.5) is 0 Å². The Balaban J connectivity index is 0. The SMILES string of the molecule is CCO[P+](=O)OC=O.[Ti]. The van der Waals surface area contributed by atoms with Crippen molar-refractivity contribution in [2.24, 2.45) is 0 Å². The third kappa shape index (κ3) is 8.24. The molecule has 0 aliphatic rings. The summed E-state index contributed by atoms with van der Waals surface area (Å²) in [6.07, 6.45) is 0. The zero-order chi connectivity index (χ0) is 6.41. The van der Waals surface area contributed by atoms with Gasteiger partial charge in [-0.2, -0.15) is 4.52 Å². The summed E-state index contributed by atoms with van der Waals surface area (Å²) >= 11 is 0. The molecule has 9 heavy (non-hydrogen) atoms. The van der Waals surface area contributed by atoms with Gasteiger partial charge in [0.05, 0.1) is 0 Å². The molecule has 0 spiro atoms. The summed E-state index contributed by atoms with van der Waals surface area (Å²) < 4.78 is 18.3. The Morgan fingerprint density at radius 1 is 1.67 bits per heavy atom. The molecule has 0 aliphatic carbocycles. The van der Waals surface area contributed by atoms with Crippen LogP contribution < -0.4 is 0 Å². The number of carbonyl (C=O) groups is 1. The molecule has 0 saturated heterocycles. The zero-order valence-electron chi connectivity index (χ0n) is 4.86. The Morgan fingerprint density at radius 2 is 2.22 bits per heavy atom. The first-order valence-corrected chi connectivity index (χ1v) is 3.11. The molecule has 0 bridgehead atoms. The standard InChI is InChI=1S/C3H6O4P.Ti/c1-2-6-8(5)7-3-4;/h3H,2H2,1H3;/q+1;. The Bertz CT molecular complexity index is 95.8. The quantitative estimate of drug-likeness (QED) is 0.370. The molecule has 0 radical (unpaired) electrons. The molecule has 0 rings (SSSR count). The van der Waals surface area contributed by atoms with E-state index in [1.54, 1.807) is 6.92 Å². The maximum Gasteiger partial charge on any atom is 0.752 e. The van der Waals surface area contributed by atoms with Gasteiger partial charge in [-0.3, -0.25) is 4.79 Å². The van der Waals surface area contributed by atoms with Crippen molar-refractivity contribution in [3.05, 3.63) is 0 Å². The summed E-state index contributed by atoms with van der Waals surface area (Å²) in [5.74, 6) is 0. The van der Waals surface area contributed by atoms with Crippen molar-refractivity contribution in [3.63, 3.8) is 0 Å². The van der Waals surface area contributed by atoms with Crippen molar-refractivity contribution in [1.29, 1.82) is 0 Å². The molecule has 0 N–H and O–H groups in total. The van der Waals surface area contributed by atoms with Gasteiger partial charge >= 0.3 is 14.7 Å². The van der Waals surface area contributed by atoms with Gasteiger partial charge in [-0.05, 0) is 6.92 Å². The molecule has 0 aromatic rings. The van der Waals surface area contributed by atoms with Gasteiger partial charge in [0.25, 0.3) is 0 Å². The van der Waals surface area contributed by atoms with Gasteiger partial charge in [0.2, 0.25) is 0 Å². The predicted octanol–water partition coefficient (Wildman–Crippen LogP) is 0.851. The average molecular weight is 185 g/mol. The molecule has 6 heteroatoms. The van der Waals surface area contributed by atoms with Crippen molar-refractivity contribution in [3.8, 4) is 0 Å². The minimum atomic E-state index is -2.20. The van der Waals surface area contributed by atoms with Crippen LogP contribution in [0.25, 0.3) is 0 Å². The van der Waals surface area contributed by atoms with Gasteiger partial charge in [0.15, 0.2) is 0 Å². The summed E-state index contributed by atoms with van der Waals surface area (Å²) in [6.45, 7) is 2.03. The smallest absolute Gasteiger partial charge is 0.250 e. The van der Waals surface area contributed by atoms with Crippen LogP contribution in [0.5, 0.6) is 0 Å². The summed E-state index contributed by atoms with van der Waals surface area (Å²) in [5.41, 5.74) is 0. The summed E-state index contributed by atoms with van der Waals surface area (Å²) in [6, 6.07) is 0. The maximum atomic E-state index is 10.1. The third-order valence-electron chi connectivity index (χ3n) is 0.364. The van der Waals surface area contributed by atoms with E-state index in [-0.39, 0.29) is 34.8 Å². The number of carbonyl (C=O) groups excluding carboxylic acids is 1. The summed E-state index contributed by atoms with van der Waals surface area (Å²) in [7, 11) is -2.20. The van der Waals surface area contributed by atoms with Gasteiger partial charge in [0, 0.05) is 26.3 Å². The molecule has 50 valence electrons. The van der Waals surface area contributed by atoms with Crippen LogP contribution in [-0.2, 0) is 40.1 Å². The minimum Gasteiger partial charge on any atom is -0.250 e. The second kappa shape index (κ2) is 8.24. The van der Waals surface area contributed by atoms with Gasteiger partial charge in [-0.25, -0.2) is 0 Å². The molecule has 0 saturated carbocycles. The van der Waals surface area contributed by atoms with Crippen molar-refractivity contribution < 1.29 is 40.1 Å². The third-order valence-corrected chi connectivity index (χ3v) is 1.09. The molecule has 1 atom stereocenters. The van der Waals surface area contributed by atoms with Crippen molar-refractivity contribution in [2.75, 3.05) is 6.61 Å². The first kappa shape index (κ1) is 12.0. The second-order valence-corrected chi connectivity index (χ2v) is 1.76. The van der Waals surface area contributed by atoms with E-state index in [9.17, 15) is 9.36 Å². The molecule has 0 amide bonds. The topological polar surface area (TPSA) is 52.6 Å². The molecule has 4 nitrogen and oxygen atoms in total. The van der Waals surface area contributed by atoms with Crippen LogP contribution in [0.2, 0.25) is 0 Å². The fourth-order valence-corrected chi connectivity index (χ4v) is 0.513. The van der Waals surface area contributed by atoms with Gasteiger partial charge in [-0.1, -0.05) is 0 Å². The van der Waals surface area contributed by atoms with E-state index in [1.165, 1.54) is 0 Å².